The van der Waals surface area contributed by atoms with E-state index in [4.69, 9.17) is 0 Å². The van der Waals surface area contributed by atoms with E-state index in [9.17, 15) is 0 Å². The average molecular weight is 1510 g/mol. The maximum atomic E-state index is 15.8. The molecular weight excluding hydrogens is 1420 g/mol. The Bertz CT molecular complexity index is 4550. The molecule has 15 heteroatoms. The third-order valence-corrected chi connectivity index (χ3v) is 30.6. The first-order valence-electron chi connectivity index (χ1n) is 41.0. The molecule has 111 heavy (non-hydrogen) atoms. The molecule has 25 rings (SSSR count). The predicted molar refractivity (Wildman–Crippen MR) is 409 cm³/mol. The molecule has 0 N–H and O–H groups in total. The van der Waals surface area contributed by atoms with Gasteiger partial charge >= 0.3 is 24.7 Å². The summed E-state index contributed by atoms with van der Waals surface area (Å²) < 4.78 is 190. The van der Waals surface area contributed by atoms with E-state index in [1.165, 1.54) is 124 Å². The second kappa shape index (κ2) is 25.1. The summed E-state index contributed by atoms with van der Waals surface area (Å²) in [5.41, 5.74) is 1.89. The molecule has 7 aromatic carbocycles. The number of nitrogens with zero attached hydrogens (tertiary/aromatic N) is 3. The number of para-hydroxylation sites is 1. The number of rotatable bonds is 13. The fourth-order valence-electron chi connectivity index (χ4n) is 27.9. The lowest BCUT2D eigenvalue weighted by molar-refractivity contribution is -0.144. The first-order chi connectivity index (χ1) is 53.1. The number of hydrogen-bond donors (Lipinski definition) is 0. The average Bonchev–Trinajstić information content (AvgIpc) is 0.717. The molecule has 16 bridgehead atoms. The summed E-state index contributed by atoms with van der Waals surface area (Å²) in [6.07, 6.45) is 11.6. The minimum Gasteiger partial charge on any atom is -0.309 e. The van der Waals surface area contributed by atoms with Crippen LogP contribution in [0.5, 0.6) is 0 Å². The monoisotopic (exact) mass is 1510 g/mol. The fourth-order valence-corrected chi connectivity index (χ4v) is 27.9. The standard InChI is InChI=1S/C96H89F12N3/c97-93(98,99)78-28-72(29-79(38-78)94(100,101)102)83-32-70(68-24-74(89-40-54-12-55(41-89)14-56(13-54)42-89)36-75(25-68)90-43-57-15-58(44-90)17-59(16-57)45-90)34-85(87(83)66-6-4-10-109-52-66)111(82-8-2-1-3-9-82)86-35-71(33-84(88(86)67-7-5-11-110-53-67)73-30-80(95(103,104)105)39-81(31-73)96(106,107)108)69-26-76(91-46-60-18-61(47-91)20-62(19-60)48-91)37-77(27-69)92-49-63-21-64(50-92)23-65(22-63)51-92/h1-11,24-39,52-65H,12-23,40-51H2. The maximum Gasteiger partial charge on any atom is 0.416 e. The second-order valence-corrected chi connectivity index (χ2v) is 38.0. The summed E-state index contributed by atoms with van der Waals surface area (Å²) in [5.74, 6) is 6.63. The normalized spacial score (nSPS) is 32.0. The molecule has 16 aliphatic carbocycles. The lowest BCUT2D eigenvalue weighted by Crippen LogP contribution is -2.50. The number of benzene rings is 7. The van der Waals surface area contributed by atoms with Gasteiger partial charge in [-0.3, -0.25) is 9.97 Å². The molecule has 572 valence electrons. The Morgan fingerprint density at radius 3 is 0.766 bits per heavy atom. The quantitative estimate of drug-likeness (QED) is 0.108. The third-order valence-electron chi connectivity index (χ3n) is 30.6. The summed E-state index contributed by atoms with van der Waals surface area (Å²) in [4.78, 5) is 11.2. The van der Waals surface area contributed by atoms with Gasteiger partial charge in [0.15, 0.2) is 0 Å². The zero-order valence-corrected chi connectivity index (χ0v) is 62.0. The smallest absolute Gasteiger partial charge is 0.309 e. The van der Waals surface area contributed by atoms with Crippen LogP contribution >= 0.6 is 0 Å². The largest absolute Gasteiger partial charge is 0.416 e. The van der Waals surface area contributed by atoms with Crippen LogP contribution in [-0.2, 0) is 46.4 Å². The van der Waals surface area contributed by atoms with E-state index in [2.05, 4.69) is 46.4 Å². The second-order valence-electron chi connectivity index (χ2n) is 38.0. The lowest BCUT2D eigenvalue weighted by atomic mass is 9.46. The van der Waals surface area contributed by atoms with Gasteiger partial charge in [-0.05, 0) is 398 Å². The van der Waals surface area contributed by atoms with E-state index in [0.717, 1.165) is 112 Å². The minimum absolute atomic E-state index is 0.0140. The molecule has 3 nitrogen and oxygen atoms in total. The van der Waals surface area contributed by atoms with E-state index in [1.54, 1.807) is 36.4 Å². The molecule has 0 unspecified atom stereocenters. The van der Waals surface area contributed by atoms with E-state index in [1.807, 2.05) is 47.4 Å². The number of halogens is 12. The van der Waals surface area contributed by atoms with Crippen LogP contribution in [0, 0.1) is 71.0 Å². The van der Waals surface area contributed by atoms with E-state index in [0.29, 0.717) is 99.0 Å². The van der Waals surface area contributed by atoms with Crippen LogP contribution in [0.3, 0.4) is 0 Å². The van der Waals surface area contributed by atoms with Gasteiger partial charge in [-0.1, -0.05) is 66.7 Å². The fraction of sp³-hybridized carbons (Fsp3) is 0.458. The number of alkyl halides is 12. The molecule has 0 aliphatic heterocycles. The predicted octanol–water partition coefficient (Wildman–Crippen LogP) is 27.9. The molecule has 0 spiro atoms. The Labute approximate surface area is 640 Å². The molecule has 16 fully saturated rings. The van der Waals surface area contributed by atoms with Crippen LogP contribution in [0.1, 0.15) is 199 Å². The highest BCUT2D eigenvalue weighted by Gasteiger charge is 2.58. The van der Waals surface area contributed by atoms with Crippen LogP contribution in [-0.4, -0.2) is 9.97 Å². The Morgan fingerprint density at radius 1 is 0.261 bits per heavy atom. The van der Waals surface area contributed by atoms with Gasteiger partial charge in [-0.25, -0.2) is 0 Å². The number of anilines is 3. The molecule has 16 aliphatic rings. The highest BCUT2D eigenvalue weighted by molar-refractivity contribution is 6.05. The van der Waals surface area contributed by atoms with E-state index in [-0.39, 0.29) is 78.5 Å². The van der Waals surface area contributed by atoms with Gasteiger partial charge in [0.05, 0.1) is 33.6 Å². The zero-order valence-electron chi connectivity index (χ0n) is 62.0. The van der Waals surface area contributed by atoms with E-state index >= 15 is 52.7 Å². The summed E-state index contributed by atoms with van der Waals surface area (Å²) in [7, 11) is 0. The first-order valence-corrected chi connectivity index (χ1v) is 41.0. The maximum absolute atomic E-state index is 15.8. The Hall–Kier alpha value is -8.20. The molecule has 0 saturated heterocycles. The van der Waals surface area contributed by atoms with Crippen molar-refractivity contribution in [2.45, 2.75) is 200 Å². The summed E-state index contributed by atoms with van der Waals surface area (Å²) >= 11 is 0. The number of aromatic nitrogens is 2. The van der Waals surface area contributed by atoms with Crippen molar-refractivity contribution in [3.05, 3.63) is 221 Å². The van der Waals surface area contributed by atoms with Crippen molar-refractivity contribution in [1.29, 1.82) is 0 Å². The Kier molecular flexibility index (Phi) is 16.0. The van der Waals surface area contributed by atoms with Gasteiger partial charge in [0, 0.05) is 52.7 Å². The first kappa shape index (κ1) is 70.6. The minimum atomic E-state index is -5.26. The van der Waals surface area contributed by atoms with Crippen molar-refractivity contribution in [2.24, 2.45) is 71.0 Å². The van der Waals surface area contributed by atoms with Crippen molar-refractivity contribution in [3.8, 4) is 66.8 Å². The Morgan fingerprint density at radius 2 is 0.523 bits per heavy atom. The van der Waals surface area contributed by atoms with Gasteiger partial charge < -0.3 is 4.90 Å². The van der Waals surface area contributed by atoms with Gasteiger partial charge in [0.2, 0.25) is 0 Å². The molecule has 0 atom stereocenters. The van der Waals surface area contributed by atoms with Crippen LogP contribution in [0.2, 0.25) is 0 Å². The van der Waals surface area contributed by atoms with Gasteiger partial charge in [-0.2, -0.15) is 52.7 Å². The number of hydrogen-bond acceptors (Lipinski definition) is 3. The zero-order chi connectivity index (χ0) is 75.7. The van der Waals surface area contributed by atoms with Gasteiger partial charge in [0.1, 0.15) is 0 Å². The number of pyridine rings is 2. The summed E-state index contributed by atoms with van der Waals surface area (Å²) in [6, 6.07) is 41.1. The van der Waals surface area contributed by atoms with Crippen molar-refractivity contribution in [1.82, 2.24) is 9.97 Å². The van der Waals surface area contributed by atoms with Crippen molar-refractivity contribution in [3.63, 3.8) is 0 Å². The molecule has 9 aromatic rings. The molecule has 0 amide bonds. The molecule has 0 radical (unpaired) electrons. The summed E-state index contributed by atoms with van der Waals surface area (Å²) in [6.45, 7) is 0. The van der Waals surface area contributed by atoms with Crippen LogP contribution in [0.4, 0.5) is 69.7 Å². The highest BCUT2D eigenvalue weighted by atomic mass is 19.4. The van der Waals surface area contributed by atoms with Crippen molar-refractivity contribution < 1.29 is 52.7 Å². The van der Waals surface area contributed by atoms with Crippen LogP contribution < -0.4 is 4.90 Å². The molecule has 16 saturated carbocycles. The SMILES string of the molecule is FC(F)(F)c1cc(-c2cc(-c3cc(C45CC6CC(CC(C6)C4)C5)cc(C45CC6CC(CC(C6)C4)C5)c3)cc(N(c3ccccc3)c3cc(-c4cc(C56CC7CC(CC(C7)C5)C6)cc(C56CC7CC(CC(C7)C5)C6)c4)cc(-c4cc(C(F)(F)F)cc(C(F)(F)F)c4)c3-c3cccnc3)c2-c2cccnc2)cc(C(F)(F)F)c1. The van der Waals surface area contributed by atoms with Crippen LogP contribution in [0.25, 0.3) is 66.8 Å². The van der Waals surface area contributed by atoms with Crippen molar-refractivity contribution in [2.75, 3.05) is 4.90 Å². The summed E-state index contributed by atoms with van der Waals surface area (Å²) in [5, 5.41) is 0. The topological polar surface area (TPSA) is 29.0 Å². The van der Waals surface area contributed by atoms with Gasteiger partial charge in [0.25, 0.3) is 0 Å². The van der Waals surface area contributed by atoms with E-state index < -0.39 is 47.0 Å². The molecule has 2 aromatic heterocycles. The third kappa shape index (κ3) is 12.2. The Balaban J connectivity index is 0.896. The molecule has 2 heterocycles. The van der Waals surface area contributed by atoms with Crippen LogP contribution in [0.15, 0.2) is 176 Å². The highest BCUT2D eigenvalue weighted by Crippen LogP contribution is 2.68. The molecular formula is C96H89F12N3. The lowest BCUT2D eigenvalue weighted by Gasteiger charge is -2.58. The van der Waals surface area contributed by atoms with Crippen molar-refractivity contribution >= 4 is 17.1 Å². The van der Waals surface area contributed by atoms with Gasteiger partial charge in [-0.15, -0.1) is 0 Å².